The Hall–Kier alpha value is -1.64. The Labute approximate surface area is 148 Å². The number of hydrogen-bond donors (Lipinski definition) is 2. The van der Waals surface area contributed by atoms with E-state index in [1.807, 2.05) is 0 Å². The second-order valence-electron chi connectivity index (χ2n) is 6.90. The normalized spacial score (nSPS) is 24.3. The molecule has 3 amide bonds. The Kier molecular flexibility index (Phi) is 6.80. The van der Waals surface area contributed by atoms with Gasteiger partial charge in [0.25, 0.3) is 5.91 Å². The van der Waals surface area contributed by atoms with Gasteiger partial charge in [0.2, 0.25) is 0 Å². The van der Waals surface area contributed by atoms with Crippen molar-refractivity contribution in [2.24, 2.45) is 5.92 Å². The molecule has 2 N–H and O–H groups in total. The summed E-state index contributed by atoms with van der Waals surface area (Å²) < 4.78 is 27.8. The van der Waals surface area contributed by atoms with Gasteiger partial charge in [-0.25, -0.2) is 13.2 Å². The van der Waals surface area contributed by atoms with E-state index in [1.165, 1.54) is 6.92 Å². The van der Waals surface area contributed by atoms with E-state index < -0.39 is 33.8 Å². The van der Waals surface area contributed by atoms with E-state index in [0.29, 0.717) is 6.42 Å². The van der Waals surface area contributed by atoms with Gasteiger partial charge in [-0.15, -0.1) is 0 Å². The first-order valence-corrected chi connectivity index (χ1v) is 10.6. The summed E-state index contributed by atoms with van der Waals surface area (Å²) in [6.07, 6.45) is 4.36. The molecule has 0 aromatic heterocycles. The van der Waals surface area contributed by atoms with Crippen LogP contribution in [0.4, 0.5) is 4.79 Å². The minimum atomic E-state index is -3.06. The number of sulfone groups is 1. The lowest BCUT2D eigenvalue weighted by Crippen LogP contribution is -2.48. The SMILES string of the molecule is C[C@H](OC(=O)C[C@@H]1CCS(=O)(=O)C1)C(=O)NC(=O)NC1CCCCC1. The highest BCUT2D eigenvalue weighted by Gasteiger charge is 2.31. The van der Waals surface area contributed by atoms with Crippen molar-refractivity contribution in [2.45, 2.75) is 64.0 Å². The highest BCUT2D eigenvalue weighted by Crippen LogP contribution is 2.22. The second-order valence-corrected chi connectivity index (χ2v) is 9.13. The molecule has 1 aliphatic carbocycles. The Bertz CT molecular complexity index is 612. The van der Waals surface area contributed by atoms with Gasteiger partial charge in [-0.1, -0.05) is 19.3 Å². The van der Waals surface area contributed by atoms with E-state index in [0.717, 1.165) is 32.1 Å². The third-order valence-corrected chi connectivity index (χ3v) is 6.47. The first-order valence-electron chi connectivity index (χ1n) is 8.76. The van der Waals surface area contributed by atoms with Crippen LogP contribution in [0.2, 0.25) is 0 Å². The largest absolute Gasteiger partial charge is 0.453 e. The van der Waals surface area contributed by atoms with Gasteiger partial charge in [-0.05, 0) is 32.1 Å². The molecule has 2 atom stereocenters. The molecule has 1 saturated carbocycles. The van der Waals surface area contributed by atoms with Crippen LogP contribution in [-0.2, 0) is 24.2 Å². The molecule has 1 aliphatic heterocycles. The van der Waals surface area contributed by atoms with Crippen LogP contribution in [0.25, 0.3) is 0 Å². The molecule has 9 heteroatoms. The maximum absolute atomic E-state index is 11.9. The van der Waals surface area contributed by atoms with Gasteiger partial charge in [0.05, 0.1) is 11.5 Å². The Balaban J connectivity index is 1.70. The number of ether oxygens (including phenoxy) is 1. The molecule has 2 rings (SSSR count). The Morgan fingerprint density at radius 2 is 1.80 bits per heavy atom. The van der Waals surface area contributed by atoms with Crippen molar-refractivity contribution in [3.63, 3.8) is 0 Å². The first-order chi connectivity index (χ1) is 11.7. The number of hydrogen-bond acceptors (Lipinski definition) is 6. The Morgan fingerprint density at radius 3 is 2.40 bits per heavy atom. The lowest BCUT2D eigenvalue weighted by molar-refractivity contribution is -0.155. The van der Waals surface area contributed by atoms with Crippen LogP contribution in [0.3, 0.4) is 0 Å². The Morgan fingerprint density at radius 1 is 1.12 bits per heavy atom. The molecule has 0 spiro atoms. The lowest BCUT2D eigenvalue weighted by atomic mass is 9.96. The van der Waals surface area contributed by atoms with Crippen molar-refractivity contribution in [1.29, 1.82) is 0 Å². The highest BCUT2D eigenvalue weighted by molar-refractivity contribution is 7.91. The van der Waals surface area contributed by atoms with Gasteiger partial charge >= 0.3 is 12.0 Å². The third kappa shape index (κ3) is 6.64. The van der Waals surface area contributed by atoms with Crippen molar-refractivity contribution in [3.05, 3.63) is 0 Å². The molecule has 25 heavy (non-hydrogen) atoms. The molecule has 2 fully saturated rings. The monoisotopic (exact) mass is 374 g/mol. The zero-order valence-corrected chi connectivity index (χ0v) is 15.3. The van der Waals surface area contributed by atoms with Crippen molar-refractivity contribution in [2.75, 3.05) is 11.5 Å². The van der Waals surface area contributed by atoms with Gasteiger partial charge in [-0.3, -0.25) is 14.9 Å². The standard InChI is InChI=1S/C16H26N2O6S/c1-11(24-14(19)9-12-7-8-25(22,23)10-12)15(20)18-16(21)17-13-5-3-2-4-6-13/h11-13H,2-10H2,1H3,(H2,17,18,20,21)/t11-,12-/m0/s1. The molecular formula is C16H26N2O6S. The predicted molar refractivity (Wildman–Crippen MR) is 90.5 cm³/mol. The smallest absolute Gasteiger partial charge is 0.321 e. The van der Waals surface area contributed by atoms with Crippen LogP contribution in [0, 0.1) is 5.92 Å². The molecule has 0 aromatic rings. The highest BCUT2D eigenvalue weighted by atomic mass is 32.2. The molecule has 1 saturated heterocycles. The molecular weight excluding hydrogens is 348 g/mol. The molecule has 0 aromatic carbocycles. The summed E-state index contributed by atoms with van der Waals surface area (Å²) >= 11 is 0. The fourth-order valence-electron chi connectivity index (χ4n) is 3.25. The lowest BCUT2D eigenvalue weighted by Gasteiger charge is -2.23. The van der Waals surface area contributed by atoms with Gasteiger partial charge < -0.3 is 10.1 Å². The van der Waals surface area contributed by atoms with Crippen LogP contribution >= 0.6 is 0 Å². The summed E-state index contributed by atoms with van der Waals surface area (Å²) in [5.41, 5.74) is 0. The molecule has 0 unspecified atom stereocenters. The molecule has 0 bridgehead atoms. The average Bonchev–Trinajstić information content (AvgIpc) is 2.86. The zero-order chi connectivity index (χ0) is 18.4. The van der Waals surface area contributed by atoms with E-state index in [4.69, 9.17) is 4.74 Å². The summed E-state index contributed by atoms with van der Waals surface area (Å²) in [5.74, 6) is -1.52. The van der Waals surface area contributed by atoms with Crippen LogP contribution in [0.15, 0.2) is 0 Å². The van der Waals surface area contributed by atoms with Gasteiger partial charge in [0, 0.05) is 12.5 Å². The molecule has 8 nitrogen and oxygen atoms in total. The van der Waals surface area contributed by atoms with E-state index in [2.05, 4.69) is 10.6 Å². The second kappa shape index (κ2) is 8.64. The summed E-state index contributed by atoms with van der Waals surface area (Å²) in [4.78, 5) is 35.6. The summed E-state index contributed by atoms with van der Waals surface area (Å²) in [5, 5.41) is 4.92. The summed E-state index contributed by atoms with van der Waals surface area (Å²) in [7, 11) is -3.06. The van der Waals surface area contributed by atoms with Crippen molar-refractivity contribution >= 4 is 27.7 Å². The fraction of sp³-hybridized carbons (Fsp3) is 0.812. The van der Waals surface area contributed by atoms with Crippen molar-refractivity contribution < 1.29 is 27.5 Å². The molecule has 2 aliphatic rings. The van der Waals surface area contributed by atoms with E-state index in [-0.39, 0.29) is 29.9 Å². The van der Waals surface area contributed by atoms with Gasteiger partial charge in [0.15, 0.2) is 15.9 Å². The van der Waals surface area contributed by atoms with E-state index >= 15 is 0 Å². The number of esters is 1. The number of nitrogens with one attached hydrogen (secondary N) is 2. The number of urea groups is 1. The summed E-state index contributed by atoms with van der Waals surface area (Å²) in [6, 6.07) is -0.509. The van der Waals surface area contributed by atoms with Crippen LogP contribution < -0.4 is 10.6 Å². The average molecular weight is 374 g/mol. The van der Waals surface area contributed by atoms with E-state index in [1.54, 1.807) is 0 Å². The quantitative estimate of drug-likeness (QED) is 0.690. The number of rotatable bonds is 5. The maximum atomic E-state index is 11.9. The molecule has 1 heterocycles. The van der Waals surface area contributed by atoms with Gasteiger partial charge in [0.1, 0.15) is 0 Å². The minimum Gasteiger partial charge on any atom is -0.453 e. The number of imide groups is 1. The first kappa shape index (κ1) is 19.7. The van der Waals surface area contributed by atoms with Crippen LogP contribution in [0.1, 0.15) is 51.9 Å². The fourth-order valence-corrected chi connectivity index (χ4v) is 5.11. The van der Waals surface area contributed by atoms with Crippen LogP contribution in [-0.4, -0.2) is 50.0 Å². The van der Waals surface area contributed by atoms with E-state index in [9.17, 15) is 22.8 Å². The number of carbonyl (C=O) groups excluding carboxylic acids is 3. The van der Waals surface area contributed by atoms with Crippen molar-refractivity contribution in [1.82, 2.24) is 10.6 Å². The van der Waals surface area contributed by atoms with Gasteiger partial charge in [-0.2, -0.15) is 0 Å². The number of amides is 3. The van der Waals surface area contributed by atoms with Crippen molar-refractivity contribution in [3.8, 4) is 0 Å². The zero-order valence-electron chi connectivity index (χ0n) is 14.5. The maximum Gasteiger partial charge on any atom is 0.321 e. The summed E-state index contributed by atoms with van der Waals surface area (Å²) in [6.45, 7) is 1.38. The minimum absolute atomic E-state index is 0.0214. The topological polar surface area (TPSA) is 119 Å². The molecule has 0 radical (unpaired) electrons. The molecule has 142 valence electrons. The third-order valence-electron chi connectivity index (χ3n) is 4.64. The van der Waals surface area contributed by atoms with Crippen LogP contribution in [0.5, 0.6) is 0 Å². The predicted octanol–water partition coefficient (Wildman–Crippen LogP) is 0.901. The number of carbonyl (C=O) groups is 3.